The topological polar surface area (TPSA) is 40.5 Å². The van der Waals surface area contributed by atoms with E-state index in [2.05, 4.69) is 54.0 Å². The van der Waals surface area contributed by atoms with Gasteiger partial charge in [-0.05, 0) is 41.6 Å². The summed E-state index contributed by atoms with van der Waals surface area (Å²) < 4.78 is 1.15. The van der Waals surface area contributed by atoms with Gasteiger partial charge in [-0.2, -0.15) is 0 Å². The third-order valence-corrected chi connectivity index (χ3v) is 3.54. The number of hydrogen-bond acceptors (Lipinski definition) is 2. The molecule has 2 rings (SSSR count). The van der Waals surface area contributed by atoms with E-state index in [1.54, 1.807) is 12.1 Å². The zero-order valence-electron chi connectivity index (χ0n) is 11.9. The Kier molecular flexibility index (Phi) is 7.59. The van der Waals surface area contributed by atoms with Crippen LogP contribution in [0.2, 0.25) is 0 Å². The molecule has 0 unspecified atom stereocenters. The smallest absolute Gasteiger partial charge is 0.423 e. The molecule has 0 spiro atoms. The molecule has 2 aromatic carbocycles. The molecule has 0 aromatic heterocycles. The van der Waals surface area contributed by atoms with Crippen molar-refractivity contribution in [1.82, 2.24) is 0 Å². The summed E-state index contributed by atoms with van der Waals surface area (Å²) in [6, 6.07) is 15.6. The molecule has 0 bridgehead atoms. The van der Waals surface area contributed by atoms with Gasteiger partial charge in [0.25, 0.3) is 0 Å². The summed E-state index contributed by atoms with van der Waals surface area (Å²) in [5.74, 6) is 0. The fraction of sp³-hybridized carbons (Fsp3) is 0.250. The van der Waals surface area contributed by atoms with Crippen molar-refractivity contribution in [1.29, 1.82) is 0 Å². The van der Waals surface area contributed by atoms with Crippen LogP contribution < -0.4 is 5.46 Å². The number of halogens is 1. The largest absolute Gasteiger partial charge is 0.488 e. The van der Waals surface area contributed by atoms with Crippen LogP contribution in [0.25, 0.3) is 0 Å². The van der Waals surface area contributed by atoms with Gasteiger partial charge in [-0.15, -0.1) is 0 Å². The Morgan fingerprint density at radius 2 is 1.20 bits per heavy atom. The molecule has 0 saturated carbocycles. The Morgan fingerprint density at radius 1 is 0.800 bits per heavy atom. The molecule has 2 N–H and O–H groups in total. The summed E-state index contributed by atoms with van der Waals surface area (Å²) >= 11 is 3.37. The fourth-order valence-electron chi connectivity index (χ4n) is 1.65. The highest BCUT2D eigenvalue weighted by Gasteiger charge is 2.08. The SMILES string of the molecule is CCc1ccc(B(O)O)cc1.CCc1ccc(Br)cc1. The van der Waals surface area contributed by atoms with Crippen LogP contribution in [0.3, 0.4) is 0 Å². The van der Waals surface area contributed by atoms with Crippen molar-refractivity contribution in [2.24, 2.45) is 0 Å². The Morgan fingerprint density at radius 3 is 1.55 bits per heavy atom. The van der Waals surface area contributed by atoms with Gasteiger partial charge < -0.3 is 10.0 Å². The molecule has 0 radical (unpaired) electrons. The molecule has 2 aromatic rings. The van der Waals surface area contributed by atoms with E-state index in [9.17, 15) is 0 Å². The molecular weight excluding hydrogens is 315 g/mol. The van der Waals surface area contributed by atoms with Crippen molar-refractivity contribution in [3.8, 4) is 0 Å². The van der Waals surface area contributed by atoms with Gasteiger partial charge in [0.2, 0.25) is 0 Å². The monoisotopic (exact) mass is 334 g/mol. The van der Waals surface area contributed by atoms with Crippen molar-refractivity contribution in [3.63, 3.8) is 0 Å². The second-order valence-corrected chi connectivity index (χ2v) is 5.36. The lowest BCUT2D eigenvalue weighted by Gasteiger charge is -1.99. The molecule has 2 nitrogen and oxygen atoms in total. The minimum absolute atomic E-state index is 0.544. The van der Waals surface area contributed by atoms with Gasteiger partial charge in [-0.3, -0.25) is 0 Å². The molecule has 0 amide bonds. The van der Waals surface area contributed by atoms with Gasteiger partial charge in [-0.1, -0.05) is 66.2 Å². The number of benzene rings is 2. The van der Waals surface area contributed by atoms with E-state index in [4.69, 9.17) is 10.0 Å². The van der Waals surface area contributed by atoms with Crippen LogP contribution in [0, 0.1) is 0 Å². The Hall–Kier alpha value is -1.10. The summed E-state index contributed by atoms with van der Waals surface area (Å²) in [4.78, 5) is 0. The lowest BCUT2D eigenvalue weighted by Crippen LogP contribution is -2.29. The van der Waals surface area contributed by atoms with E-state index < -0.39 is 7.12 Å². The Bertz CT molecular complexity index is 495. The quantitative estimate of drug-likeness (QED) is 0.847. The second kappa shape index (κ2) is 8.95. The van der Waals surface area contributed by atoms with Gasteiger partial charge in [0.15, 0.2) is 0 Å². The maximum Gasteiger partial charge on any atom is 0.488 e. The van der Waals surface area contributed by atoms with Crippen LogP contribution in [-0.2, 0) is 12.8 Å². The second-order valence-electron chi connectivity index (χ2n) is 4.45. The lowest BCUT2D eigenvalue weighted by atomic mass is 9.80. The van der Waals surface area contributed by atoms with Crippen molar-refractivity contribution < 1.29 is 10.0 Å². The summed E-state index contributed by atoms with van der Waals surface area (Å²) in [6.45, 7) is 4.22. The Labute approximate surface area is 129 Å². The lowest BCUT2D eigenvalue weighted by molar-refractivity contribution is 0.426. The molecule has 20 heavy (non-hydrogen) atoms. The van der Waals surface area contributed by atoms with Crippen LogP contribution in [-0.4, -0.2) is 17.2 Å². The molecular formula is C16H20BBrO2. The first-order chi connectivity index (χ1) is 9.56. The van der Waals surface area contributed by atoms with Crippen molar-refractivity contribution in [3.05, 3.63) is 64.1 Å². The Balaban J connectivity index is 0.000000204. The normalized spacial score (nSPS) is 9.65. The summed E-state index contributed by atoms with van der Waals surface area (Å²) in [6.07, 6.45) is 2.09. The summed E-state index contributed by atoms with van der Waals surface area (Å²) in [5.41, 5.74) is 3.13. The number of rotatable bonds is 3. The zero-order valence-corrected chi connectivity index (χ0v) is 13.5. The first-order valence-electron chi connectivity index (χ1n) is 6.76. The van der Waals surface area contributed by atoms with Gasteiger partial charge in [-0.25, -0.2) is 0 Å². The molecule has 0 saturated heterocycles. The molecule has 0 atom stereocenters. The van der Waals surface area contributed by atoms with E-state index in [0.717, 1.165) is 17.3 Å². The predicted octanol–water partition coefficient (Wildman–Crippen LogP) is 2.94. The van der Waals surface area contributed by atoms with Gasteiger partial charge in [0.05, 0.1) is 0 Å². The van der Waals surface area contributed by atoms with Crippen LogP contribution in [0.4, 0.5) is 0 Å². The van der Waals surface area contributed by atoms with Gasteiger partial charge in [0.1, 0.15) is 0 Å². The molecule has 0 heterocycles. The van der Waals surface area contributed by atoms with Crippen molar-refractivity contribution in [2.75, 3.05) is 0 Å². The average Bonchev–Trinajstić information content (AvgIpc) is 2.49. The maximum atomic E-state index is 8.74. The molecule has 0 fully saturated rings. The van der Waals surface area contributed by atoms with Gasteiger partial charge >= 0.3 is 7.12 Å². The highest BCUT2D eigenvalue weighted by molar-refractivity contribution is 9.10. The van der Waals surface area contributed by atoms with Crippen LogP contribution in [0.5, 0.6) is 0 Å². The first kappa shape index (κ1) is 17.0. The van der Waals surface area contributed by atoms with E-state index in [1.165, 1.54) is 11.1 Å². The summed E-state index contributed by atoms with van der Waals surface area (Å²) in [7, 11) is -1.35. The highest BCUT2D eigenvalue weighted by Crippen LogP contribution is 2.10. The minimum atomic E-state index is -1.35. The molecule has 0 aliphatic rings. The molecule has 0 aliphatic carbocycles. The van der Waals surface area contributed by atoms with E-state index in [-0.39, 0.29) is 0 Å². The third kappa shape index (κ3) is 5.91. The van der Waals surface area contributed by atoms with Crippen molar-refractivity contribution >= 4 is 28.5 Å². The van der Waals surface area contributed by atoms with E-state index in [0.29, 0.717) is 5.46 Å². The zero-order chi connectivity index (χ0) is 15.0. The fourth-order valence-corrected chi connectivity index (χ4v) is 1.91. The van der Waals surface area contributed by atoms with Gasteiger partial charge in [0, 0.05) is 4.47 Å². The minimum Gasteiger partial charge on any atom is -0.423 e. The number of hydrogen-bond donors (Lipinski definition) is 2. The molecule has 0 aliphatic heterocycles. The van der Waals surface area contributed by atoms with Crippen molar-refractivity contribution in [2.45, 2.75) is 26.7 Å². The maximum absolute atomic E-state index is 8.74. The highest BCUT2D eigenvalue weighted by atomic mass is 79.9. The molecule has 4 heteroatoms. The van der Waals surface area contributed by atoms with Crippen LogP contribution in [0.1, 0.15) is 25.0 Å². The number of aryl methyl sites for hydroxylation is 2. The van der Waals surface area contributed by atoms with Crippen LogP contribution >= 0.6 is 15.9 Å². The first-order valence-corrected chi connectivity index (χ1v) is 7.55. The van der Waals surface area contributed by atoms with Crippen LogP contribution in [0.15, 0.2) is 53.0 Å². The predicted molar refractivity (Wildman–Crippen MR) is 89.2 cm³/mol. The third-order valence-electron chi connectivity index (χ3n) is 3.01. The van der Waals surface area contributed by atoms with E-state index >= 15 is 0 Å². The molecule has 106 valence electrons. The standard InChI is InChI=1S/C8H11BO2.C8H9Br/c1-2-7-3-5-8(6-4-7)9(10)11;1-2-7-3-5-8(9)6-4-7/h3-6,10-11H,2H2,1H3;3-6H,2H2,1H3. The van der Waals surface area contributed by atoms with E-state index in [1.807, 2.05) is 12.1 Å². The average molecular weight is 335 g/mol. The summed E-state index contributed by atoms with van der Waals surface area (Å²) in [5, 5.41) is 17.5.